The molecule has 1 aromatic carbocycles. The van der Waals surface area contributed by atoms with Crippen molar-refractivity contribution in [1.82, 2.24) is 9.80 Å². The van der Waals surface area contributed by atoms with Gasteiger partial charge in [0, 0.05) is 31.2 Å². The number of benzene rings is 1. The molecule has 0 bridgehead atoms. The van der Waals surface area contributed by atoms with E-state index in [-0.39, 0.29) is 12.6 Å². The second-order valence-corrected chi connectivity index (χ2v) is 6.77. The molecule has 1 aromatic rings. The quantitative estimate of drug-likeness (QED) is 0.860. The summed E-state index contributed by atoms with van der Waals surface area (Å²) in [4.78, 5) is 14.9. The average Bonchev–Trinajstić information content (AvgIpc) is 2.42. The van der Waals surface area contributed by atoms with Crippen molar-refractivity contribution in [3.63, 3.8) is 0 Å². The summed E-state index contributed by atoms with van der Waals surface area (Å²) in [5.41, 5.74) is 3.73. The van der Waals surface area contributed by atoms with Gasteiger partial charge in [-0.15, -0.1) is 0 Å². The van der Waals surface area contributed by atoms with Crippen LogP contribution in [0.1, 0.15) is 16.7 Å². The third-order valence-corrected chi connectivity index (χ3v) is 4.40. The van der Waals surface area contributed by atoms with Gasteiger partial charge in [0.2, 0.25) is 0 Å². The Bertz CT molecular complexity index is 542. The second-order valence-electron chi connectivity index (χ2n) is 6.34. The lowest BCUT2D eigenvalue weighted by Gasteiger charge is -2.35. The molecule has 128 valence electrons. The zero-order valence-electron chi connectivity index (χ0n) is 14.0. The van der Waals surface area contributed by atoms with E-state index in [0.29, 0.717) is 13.2 Å². The van der Waals surface area contributed by atoms with Gasteiger partial charge in [0.15, 0.2) is 0 Å². The van der Waals surface area contributed by atoms with Crippen molar-refractivity contribution in [2.24, 2.45) is 0 Å². The maximum Gasteiger partial charge on any atom is 0.317 e. The fraction of sp³-hybridized carbons (Fsp3) is 0.588. The molecular formula is C17H25ClN2O3. The predicted octanol–water partition coefficient (Wildman–Crippen LogP) is 2.17. The maximum absolute atomic E-state index is 10.8. The smallest absolute Gasteiger partial charge is 0.317 e. The van der Waals surface area contributed by atoms with Gasteiger partial charge < -0.3 is 9.84 Å². The van der Waals surface area contributed by atoms with Crippen LogP contribution in [-0.2, 0) is 16.1 Å². The lowest BCUT2D eigenvalue weighted by atomic mass is 10.0. The van der Waals surface area contributed by atoms with Crippen molar-refractivity contribution < 1.29 is 14.6 Å². The number of nitrogens with zero attached hydrogens (tertiary/aromatic N) is 2. The molecule has 23 heavy (non-hydrogen) atoms. The van der Waals surface area contributed by atoms with Crippen molar-refractivity contribution in [3.05, 3.63) is 33.8 Å². The van der Waals surface area contributed by atoms with Gasteiger partial charge in [0.05, 0.1) is 19.3 Å². The van der Waals surface area contributed by atoms with Crippen LogP contribution in [-0.4, -0.2) is 66.8 Å². The number of carboxylic acid groups (broad SMARTS) is 1. The number of morpholine rings is 1. The van der Waals surface area contributed by atoms with Crippen molar-refractivity contribution >= 4 is 17.6 Å². The van der Waals surface area contributed by atoms with Crippen LogP contribution in [0, 0.1) is 13.8 Å². The van der Waals surface area contributed by atoms with Crippen LogP contribution in [0.5, 0.6) is 0 Å². The van der Waals surface area contributed by atoms with E-state index in [9.17, 15) is 4.79 Å². The summed E-state index contributed by atoms with van der Waals surface area (Å²) >= 11 is 6.10. The van der Waals surface area contributed by atoms with Gasteiger partial charge in [-0.3, -0.25) is 14.6 Å². The highest BCUT2D eigenvalue weighted by atomic mass is 35.5. The summed E-state index contributed by atoms with van der Waals surface area (Å²) in [6.45, 7) is 8.09. The van der Waals surface area contributed by atoms with E-state index in [1.807, 2.05) is 19.2 Å². The number of ether oxygens (including phenoxy) is 1. The molecule has 0 radical (unpaired) electrons. The summed E-state index contributed by atoms with van der Waals surface area (Å²) in [6.07, 6.45) is 0.0426. The maximum atomic E-state index is 10.8. The summed E-state index contributed by atoms with van der Waals surface area (Å²) in [6, 6.07) is 4.00. The van der Waals surface area contributed by atoms with E-state index in [1.165, 1.54) is 16.7 Å². The van der Waals surface area contributed by atoms with Crippen LogP contribution < -0.4 is 0 Å². The van der Waals surface area contributed by atoms with E-state index in [0.717, 1.165) is 24.7 Å². The molecule has 1 fully saturated rings. The van der Waals surface area contributed by atoms with Gasteiger partial charge >= 0.3 is 5.97 Å². The monoisotopic (exact) mass is 340 g/mol. The molecule has 1 heterocycles. The predicted molar refractivity (Wildman–Crippen MR) is 91.1 cm³/mol. The number of halogens is 1. The lowest BCUT2D eigenvalue weighted by Crippen LogP contribution is -2.47. The van der Waals surface area contributed by atoms with E-state index in [4.69, 9.17) is 21.4 Å². The molecule has 1 atom stereocenters. The first kappa shape index (κ1) is 18.2. The minimum atomic E-state index is -0.812. The first-order valence-corrected chi connectivity index (χ1v) is 8.23. The standard InChI is InChI=1S/C17H25ClN2O3/c1-12-6-14(18)7-13(2)16(12)10-20-4-5-23-15(9-20)8-19(3)11-17(21)22/h6-7,15H,4-5,8-11H2,1-3H3,(H,21,22). The second kappa shape index (κ2) is 8.11. The molecule has 2 rings (SSSR count). The highest BCUT2D eigenvalue weighted by Crippen LogP contribution is 2.22. The highest BCUT2D eigenvalue weighted by molar-refractivity contribution is 6.30. The first-order valence-electron chi connectivity index (χ1n) is 7.85. The van der Waals surface area contributed by atoms with Crippen LogP contribution >= 0.6 is 11.6 Å². The zero-order valence-corrected chi connectivity index (χ0v) is 14.8. The summed E-state index contributed by atoms with van der Waals surface area (Å²) in [5.74, 6) is -0.812. The fourth-order valence-corrected chi connectivity index (χ4v) is 3.42. The molecule has 1 N–H and O–H groups in total. The minimum absolute atomic E-state index is 0.0370. The van der Waals surface area contributed by atoms with Crippen molar-refractivity contribution in [1.29, 1.82) is 0 Å². The Morgan fingerprint density at radius 2 is 2.09 bits per heavy atom. The highest BCUT2D eigenvalue weighted by Gasteiger charge is 2.23. The largest absolute Gasteiger partial charge is 0.480 e. The molecular weight excluding hydrogens is 316 g/mol. The molecule has 1 unspecified atom stereocenters. The first-order chi connectivity index (χ1) is 10.8. The van der Waals surface area contributed by atoms with Gasteiger partial charge in [-0.2, -0.15) is 0 Å². The molecule has 0 aliphatic carbocycles. The van der Waals surface area contributed by atoms with Crippen LogP contribution in [0.4, 0.5) is 0 Å². The van der Waals surface area contributed by atoms with Crippen LogP contribution in [0.25, 0.3) is 0 Å². The van der Waals surface area contributed by atoms with E-state index >= 15 is 0 Å². The number of likely N-dealkylation sites (N-methyl/N-ethyl adjacent to an activating group) is 1. The average molecular weight is 341 g/mol. The molecule has 6 heteroatoms. The molecule has 0 spiro atoms. The zero-order chi connectivity index (χ0) is 17.0. The number of aliphatic carboxylic acids is 1. The van der Waals surface area contributed by atoms with Crippen molar-refractivity contribution in [2.45, 2.75) is 26.5 Å². The van der Waals surface area contributed by atoms with E-state index in [2.05, 4.69) is 18.7 Å². The third kappa shape index (κ3) is 5.46. The normalized spacial score (nSPS) is 19.3. The van der Waals surface area contributed by atoms with Gasteiger partial charge in [0.25, 0.3) is 0 Å². The summed E-state index contributed by atoms with van der Waals surface area (Å²) in [7, 11) is 1.81. The molecule has 0 aromatic heterocycles. The third-order valence-electron chi connectivity index (χ3n) is 4.19. The Kier molecular flexibility index (Phi) is 6.41. The van der Waals surface area contributed by atoms with Crippen LogP contribution in [0.3, 0.4) is 0 Å². The molecule has 0 saturated carbocycles. The Hall–Kier alpha value is -1.14. The van der Waals surface area contributed by atoms with Gasteiger partial charge in [0.1, 0.15) is 0 Å². The molecule has 1 saturated heterocycles. The molecule has 1 aliphatic heterocycles. The topological polar surface area (TPSA) is 53.0 Å². The summed E-state index contributed by atoms with van der Waals surface area (Å²) < 4.78 is 5.78. The molecule has 5 nitrogen and oxygen atoms in total. The van der Waals surface area contributed by atoms with Crippen LogP contribution in [0.2, 0.25) is 5.02 Å². The fourth-order valence-electron chi connectivity index (χ4n) is 3.09. The number of carbonyl (C=O) groups is 1. The van der Waals surface area contributed by atoms with Crippen LogP contribution in [0.15, 0.2) is 12.1 Å². The van der Waals surface area contributed by atoms with E-state index < -0.39 is 5.97 Å². The number of carboxylic acids is 1. The Labute approximate surface area is 142 Å². The Morgan fingerprint density at radius 1 is 1.43 bits per heavy atom. The minimum Gasteiger partial charge on any atom is -0.480 e. The number of rotatable bonds is 6. The van der Waals surface area contributed by atoms with Crippen molar-refractivity contribution in [2.75, 3.05) is 39.8 Å². The Morgan fingerprint density at radius 3 is 2.70 bits per heavy atom. The lowest BCUT2D eigenvalue weighted by molar-refractivity contribution is -0.138. The van der Waals surface area contributed by atoms with Crippen molar-refractivity contribution in [3.8, 4) is 0 Å². The molecule has 1 aliphatic rings. The van der Waals surface area contributed by atoms with Gasteiger partial charge in [-0.25, -0.2) is 0 Å². The van der Waals surface area contributed by atoms with Gasteiger partial charge in [-0.05, 0) is 49.7 Å². The number of aryl methyl sites for hydroxylation is 2. The number of hydrogen-bond donors (Lipinski definition) is 1. The Balaban J connectivity index is 1.95. The summed E-state index contributed by atoms with van der Waals surface area (Å²) in [5, 5.41) is 9.62. The van der Waals surface area contributed by atoms with E-state index in [1.54, 1.807) is 4.90 Å². The molecule has 0 amide bonds. The SMILES string of the molecule is Cc1cc(Cl)cc(C)c1CN1CCOC(CN(C)CC(=O)O)C1. The van der Waals surface area contributed by atoms with Gasteiger partial charge in [-0.1, -0.05) is 11.6 Å². The number of hydrogen-bond acceptors (Lipinski definition) is 4.